The van der Waals surface area contributed by atoms with Crippen molar-refractivity contribution in [3.05, 3.63) is 70.0 Å². The molecule has 1 unspecified atom stereocenters. The average Bonchev–Trinajstić information content (AvgIpc) is 2.48. The van der Waals surface area contributed by atoms with Gasteiger partial charge in [-0.1, -0.05) is 50.2 Å². The van der Waals surface area contributed by atoms with Crippen molar-refractivity contribution < 1.29 is 9.50 Å². The van der Waals surface area contributed by atoms with E-state index in [1.54, 1.807) is 25.1 Å². The zero-order chi connectivity index (χ0) is 14.7. The second-order valence-corrected chi connectivity index (χ2v) is 5.12. The van der Waals surface area contributed by atoms with Crippen LogP contribution in [0.2, 0.25) is 0 Å². The summed E-state index contributed by atoms with van der Waals surface area (Å²) in [6.07, 6.45) is 0.820. The van der Waals surface area contributed by atoms with Crippen molar-refractivity contribution in [2.24, 2.45) is 0 Å². The van der Waals surface area contributed by atoms with Gasteiger partial charge in [0.25, 0.3) is 0 Å². The Morgan fingerprint density at radius 1 is 1.05 bits per heavy atom. The fraction of sp³-hybridized carbons (Fsp3) is 0.333. The first kappa shape index (κ1) is 14.7. The second kappa shape index (κ2) is 6.19. The van der Waals surface area contributed by atoms with Crippen LogP contribution in [-0.2, 0) is 12.8 Å². The van der Waals surface area contributed by atoms with Gasteiger partial charge in [0.15, 0.2) is 0 Å². The smallest absolute Gasteiger partial charge is 0.132 e. The van der Waals surface area contributed by atoms with Gasteiger partial charge in [-0.2, -0.15) is 0 Å². The van der Waals surface area contributed by atoms with Crippen LogP contribution in [0.5, 0.6) is 0 Å². The molecule has 2 rings (SSSR count). The van der Waals surface area contributed by atoms with E-state index in [9.17, 15) is 9.50 Å². The maximum absolute atomic E-state index is 14.2. The summed E-state index contributed by atoms with van der Waals surface area (Å²) in [4.78, 5) is 0. The number of hydrogen-bond acceptors (Lipinski definition) is 1. The third kappa shape index (κ3) is 2.75. The lowest BCUT2D eigenvalue weighted by Crippen LogP contribution is -2.07. The number of rotatable bonds is 4. The lowest BCUT2D eigenvalue weighted by Gasteiger charge is -2.18. The minimum absolute atomic E-state index is 0.316. The molecule has 0 amide bonds. The Bertz CT molecular complexity index is 604. The number of hydrogen-bond donors (Lipinski definition) is 1. The van der Waals surface area contributed by atoms with Gasteiger partial charge >= 0.3 is 0 Å². The standard InChI is InChI=1S/C18H21FO/c1-4-13-9-10-14(5-2)16(11-13)18(20)15-8-6-7-12(3)17(15)19/h6-11,18,20H,4-5H2,1-3H3. The summed E-state index contributed by atoms with van der Waals surface area (Å²) in [5.41, 5.74) is 3.95. The van der Waals surface area contributed by atoms with E-state index >= 15 is 0 Å². The molecule has 106 valence electrons. The molecule has 0 heterocycles. The quantitative estimate of drug-likeness (QED) is 0.877. The summed E-state index contributed by atoms with van der Waals surface area (Å²) in [7, 11) is 0. The van der Waals surface area contributed by atoms with E-state index < -0.39 is 6.10 Å². The molecular formula is C18H21FO. The normalized spacial score (nSPS) is 12.4. The molecule has 2 heteroatoms. The van der Waals surface area contributed by atoms with Crippen molar-refractivity contribution in [2.45, 2.75) is 39.7 Å². The minimum Gasteiger partial charge on any atom is -0.384 e. The third-order valence-electron chi connectivity index (χ3n) is 3.81. The number of aliphatic hydroxyl groups is 1. The molecule has 0 aliphatic heterocycles. The average molecular weight is 272 g/mol. The Labute approximate surface area is 120 Å². The van der Waals surface area contributed by atoms with Gasteiger partial charge in [0.2, 0.25) is 0 Å². The van der Waals surface area contributed by atoms with E-state index in [1.165, 1.54) is 0 Å². The summed E-state index contributed by atoms with van der Waals surface area (Å²) in [6, 6.07) is 11.3. The summed E-state index contributed by atoms with van der Waals surface area (Å²) < 4.78 is 14.2. The van der Waals surface area contributed by atoms with Gasteiger partial charge in [-0.25, -0.2) is 4.39 Å². The highest BCUT2D eigenvalue weighted by Gasteiger charge is 2.18. The van der Waals surface area contributed by atoms with Crippen LogP contribution in [0, 0.1) is 12.7 Å². The van der Waals surface area contributed by atoms with E-state index in [0.717, 1.165) is 29.5 Å². The fourth-order valence-electron chi connectivity index (χ4n) is 2.49. The molecule has 0 fully saturated rings. The van der Waals surface area contributed by atoms with Gasteiger partial charge in [0.1, 0.15) is 11.9 Å². The van der Waals surface area contributed by atoms with Crippen molar-refractivity contribution in [2.75, 3.05) is 0 Å². The molecule has 2 aromatic rings. The SMILES string of the molecule is CCc1ccc(CC)c(C(O)c2cccc(C)c2F)c1. The predicted octanol–water partition coefficient (Wildman–Crippen LogP) is 4.34. The van der Waals surface area contributed by atoms with Crippen molar-refractivity contribution in [1.29, 1.82) is 0 Å². The van der Waals surface area contributed by atoms with Crippen molar-refractivity contribution in [1.82, 2.24) is 0 Å². The van der Waals surface area contributed by atoms with Gasteiger partial charge in [-0.3, -0.25) is 0 Å². The Morgan fingerprint density at radius 2 is 1.80 bits per heavy atom. The lowest BCUT2D eigenvalue weighted by molar-refractivity contribution is 0.213. The summed E-state index contributed by atoms with van der Waals surface area (Å²) in [5.74, 6) is -0.316. The number of benzene rings is 2. The molecule has 2 aromatic carbocycles. The van der Waals surface area contributed by atoms with Crippen LogP contribution in [0.4, 0.5) is 4.39 Å². The summed E-state index contributed by atoms with van der Waals surface area (Å²) >= 11 is 0. The molecule has 1 N–H and O–H groups in total. The molecule has 0 aromatic heterocycles. The van der Waals surface area contributed by atoms with Crippen molar-refractivity contribution in [3.63, 3.8) is 0 Å². The Kier molecular flexibility index (Phi) is 4.56. The maximum atomic E-state index is 14.2. The molecule has 0 saturated carbocycles. The highest BCUT2D eigenvalue weighted by atomic mass is 19.1. The number of aryl methyl sites for hydroxylation is 3. The first-order chi connectivity index (χ1) is 9.58. The number of aliphatic hydroxyl groups excluding tert-OH is 1. The molecule has 20 heavy (non-hydrogen) atoms. The van der Waals surface area contributed by atoms with Gasteiger partial charge in [-0.15, -0.1) is 0 Å². The van der Waals surface area contributed by atoms with Crippen LogP contribution < -0.4 is 0 Å². The predicted molar refractivity (Wildman–Crippen MR) is 80.4 cm³/mol. The van der Waals surface area contributed by atoms with E-state index in [4.69, 9.17) is 0 Å². The van der Waals surface area contributed by atoms with E-state index in [1.807, 2.05) is 19.1 Å². The molecular weight excluding hydrogens is 251 g/mol. The molecule has 0 spiro atoms. The van der Waals surface area contributed by atoms with Crippen LogP contribution in [0.3, 0.4) is 0 Å². The summed E-state index contributed by atoms with van der Waals surface area (Å²) in [5, 5.41) is 10.6. The van der Waals surface area contributed by atoms with Crippen LogP contribution in [0.1, 0.15) is 47.8 Å². The zero-order valence-corrected chi connectivity index (χ0v) is 12.3. The molecule has 1 nitrogen and oxygen atoms in total. The van der Waals surface area contributed by atoms with Crippen LogP contribution >= 0.6 is 0 Å². The molecule has 0 aliphatic carbocycles. The zero-order valence-electron chi connectivity index (χ0n) is 12.3. The maximum Gasteiger partial charge on any atom is 0.132 e. The van der Waals surface area contributed by atoms with Crippen LogP contribution in [-0.4, -0.2) is 5.11 Å². The molecule has 1 atom stereocenters. The number of halogens is 1. The molecule has 0 aliphatic rings. The largest absolute Gasteiger partial charge is 0.384 e. The fourth-order valence-corrected chi connectivity index (χ4v) is 2.49. The second-order valence-electron chi connectivity index (χ2n) is 5.12. The Hall–Kier alpha value is -1.67. The summed E-state index contributed by atoms with van der Waals surface area (Å²) in [6.45, 7) is 5.84. The van der Waals surface area contributed by atoms with Gasteiger partial charge in [-0.05, 0) is 42.0 Å². The third-order valence-corrected chi connectivity index (χ3v) is 3.81. The molecule has 0 bridgehead atoms. The Morgan fingerprint density at radius 3 is 2.45 bits per heavy atom. The molecule has 0 radical (unpaired) electrons. The Balaban J connectivity index is 2.51. The monoisotopic (exact) mass is 272 g/mol. The van der Waals surface area contributed by atoms with Crippen LogP contribution in [0.25, 0.3) is 0 Å². The molecule has 0 saturated heterocycles. The van der Waals surface area contributed by atoms with E-state index in [-0.39, 0.29) is 5.82 Å². The van der Waals surface area contributed by atoms with Crippen LogP contribution in [0.15, 0.2) is 36.4 Å². The van der Waals surface area contributed by atoms with Crippen molar-refractivity contribution >= 4 is 0 Å². The lowest BCUT2D eigenvalue weighted by atomic mass is 9.92. The van der Waals surface area contributed by atoms with E-state index in [2.05, 4.69) is 13.0 Å². The first-order valence-corrected chi connectivity index (χ1v) is 7.13. The first-order valence-electron chi connectivity index (χ1n) is 7.13. The van der Waals surface area contributed by atoms with Gasteiger partial charge in [0, 0.05) is 5.56 Å². The topological polar surface area (TPSA) is 20.2 Å². The minimum atomic E-state index is -0.906. The van der Waals surface area contributed by atoms with Gasteiger partial charge in [0.05, 0.1) is 0 Å². The highest BCUT2D eigenvalue weighted by molar-refractivity contribution is 5.40. The van der Waals surface area contributed by atoms with Crippen molar-refractivity contribution in [3.8, 4) is 0 Å². The van der Waals surface area contributed by atoms with E-state index in [0.29, 0.717) is 11.1 Å². The highest BCUT2D eigenvalue weighted by Crippen LogP contribution is 2.29. The van der Waals surface area contributed by atoms with Gasteiger partial charge < -0.3 is 5.11 Å².